The molecule has 5 aliphatic rings. The Morgan fingerprint density at radius 2 is 0.944 bits per heavy atom. The van der Waals surface area contributed by atoms with Crippen LogP contribution < -0.4 is 0 Å². The van der Waals surface area contributed by atoms with Crippen LogP contribution in [0.3, 0.4) is 0 Å². The highest BCUT2D eigenvalue weighted by atomic mass is 14.4. The van der Waals surface area contributed by atoms with E-state index in [1.165, 1.54) is 180 Å². The monoisotopic (exact) mass is 1150 g/mol. The first-order valence-electron chi connectivity index (χ1n) is 33.0. The lowest BCUT2D eigenvalue weighted by Gasteiger charge is -2.30. The molecule has 5 aliphatic carbocycles. The van der Waals surface area contributed by atoms with Gasteiger partial charge in [-0.05, 0) is 243 Å². The van der Waals surface area contributed by atoms with Gasteiger partial charge in [0.1, 0.15) is 0 Å². The van der Waals surface area contributed by atoms with Crippen LogP contribution in [-0.4, -0.2) is 0 Å². The van der Waals surface area contributed by atoms with Gasteiger partial charge in [-0.15, -0.1) is 0 Å². The molecule has 2 unspecified atom stereocenters. The maximum Gasteiger partial charge on any atom is 0.0177 e. The minimum Gasteiger partial charge on any atom is -0.0836 e. The van der Waals surface area contributed by atoms with Crippen molar-refractivity contribution in [1.82, 2.24) is 0 Å². The van der Waals surface area contributed by atoms with E-state index in [-0.39, 0.29) is 0 Å². The summed E-state index contributed by atoms with van der Waals surface area (Å²) >= 11 is 0. The van der Waals surface area contributed by atoms with Crippen molar-refractivity contribution in [2.45, 2.75) is 119 Å². The Bertz CT molecular complexity index is 4690. The number of fused-ring (bicyclic) bond motifs is 16. The number of hydrogen-bond donors (Lipinski definition) is 0. The topological polar surface area (TPSA) is 0 Å². The molecule has 0 saturated carbocycles. The Balaban J connectivity index is 0.000000115. The van der Waals surface area contributed by atoms with Gasteiger partial charge in [-0.3, -0.25) is 0 Å². The minimum atomic E-state index is 0.413. The summed E-state index contributed by atoms with van der Waals surface area (Å²) in [4.78, 5) is 0. The van der Waals surface area contributed by atoms with Crippen LogP contribution in [-0.2, 0) is 32.1 Å². The number of aryl methyl sites for hydroxylation is 5. The molecule has 0 aromatic heterocycles. The third kappa shape index (κ3) is 11.7. The standard InChI is InChI=1S/C29H24.C29H30.C21H14.C8H10.C2H6/c1-18-11-12-19(2)26(17-18)29-25-16-13-20-7-3-5-9-22(20)27(25)24-15-14-21-8-4-6-10-23(21)28(24)29;1-20-11-13-22(14-12-20)19-25-16-15-24-8-4-6-10-28(24)29(25)27-18-17-23-7-3-5-9-26(23)21(27)2;1-3-7-17-14(5-1)11-12-19-20(17)13-16-10-9-15-6-2-4-8-18(15)21(16)19;1-7-3-5-8(2)6-4-7;1-2/h3-16,26,29H,17H2,1-2H3;6,10-18H,3-5,7-9,19H2,1-2H3;1-12H,13H2;3-6H,1-2H3;1-2H3. The number of allylic oxidation sites excluding steroid dienone is 5. The highest BCUT2D eigenvalue weighted by molar-refractivity contribution is 6.07. The van der Waals surface area contributed by atoms with Crippen molar-refractivity contribution < 1.29 is 0 Å². The third-order valence-corrected chi connectivity index (χ3v) is 19.8. The van der Waals surface area contributed by atoms with Gasteiger partial charge in [0.25, 0.3) is 0 Å². The van der Waals surface area contributed by atoms with Crippen molar-refractivity contribution in [3.05, 3.63) is 326 Å². The van der Waals surface area contributed by atoms with Gasteiger partial charge in [0, 0.05) is 5.92 Å². The smallest absolute Gasteiger partial charge is 0.0177 e. The van der Waals surface area contributed by atoms with E-state index in [1.54, 1.807) is 11.1 Å². The molecule has 12 aromatic rings. The molecular weight excluding hydrogens is 1070 g/mol. The fraction of sp³-hybridized carbons (Fsp3) is 0.213. The van der Waals surface area contributed by atoms with E-state index in [2.05, 4.69) is 284 Å². The van der Waals surface area contributed by atoms with Crippen LogP contribution in [0.15, 0.2) is 248 Å². The second-order valence-corrected chi connectivity index (χ2v) is 25.5. The summed E-state index contributed by atoms with van der Waals surface area (Å²) in [6, 6.07) is 80.8. The Morgan fingerprint density at radius 3 is 1.64 bits per heavy atom. The fourth-order valence-electron chi connectivity index (χ4n) is 15.2. The number of benzene rings is 12. The van der Waals surface area contributed by atoms with Crippen molar-refractivity contribution in [3.63, 3.8) is 0 Å². The maximum atomic E-state index is 2.42. The second-order valence-electron chi connectivity index (χ2n) is 25.5. The van der Waals surface area contributed by atoms with Gasteiger partial charge in [-0.1, -0.05) is 284 Å². The summed E-state index contributed by atoms with van der Waals surface area (Å²) in [6.45, 7) is 17.3. The molecule has 12 aromatic carbocycles. The number of hydrogen-bond acceptors (Lipinski definition) is 0. The molecule has 2 atom stereocenters. The largest absolute Gasteiger partial charge is 0.0836 e. The zero-order chi connectivity index (χ0) is 61.1. The van der Waals surface area contributed by atoms with Crippen LogP contribution in [0.5, 0.6) is 0 Å². The van der Waals surface area contributed by atoms with Gasteiger partial charge >= 0.3 is 0 Å². The molecule has 0 radical (unpaired) electrons. The van der Waals surface area contributed by atoms with Gasteiger partial charge in [-0.2, -0.15) is 0 Å². The van der Waals surface area contributed by atoms with Crippen molar-refractivity contribution >= 4 is 49.2 Å². The normalized spacial score (nSPS) is 15.4. The summed E-state index contributed by atoms with van der Waals surface area (Å²) in [5.41, 5.74) is 32.1. The molecule has 17 rings (SSSR count). The van der Waals surface area contributed by atoms with Gasteiger partial charge in [0.15, 0.2) is 0 Å². The third-order valence-electron chi connectivity index (χ3n) is 19.8. The van der Waals surface area contributed by atoms with Crippen LogP contribution in [0.1, 0.15) is 137 Å². The average molecular weight is 1150 g/mol. The van der Waals surface area contributed by atoms with Gasteiger partial charge in [-0.25, -0.2) is 0 Å². The zero-order valence-corrected chi connectivity index (χ0v) is 53.6. The van der Waals surface area contributed by atoms with Crippen molar-refractivity contribution in [2.24, 2.45) is 5.92 Å². The Kier molecular flexibility index (Phi) is 17.2. The highest BCUT2D eigenvalue weighted by Gasteiger charge is 2.38. The lowest BCUT2D eigenvalue weighted by Crippen LogP contribution is -2.16. The first kappa shape index (κ1) is 58.9. The summed E-state index contributed by atoms with van der Waals surface area (Å²) < 4.78 is 0. The first-order chi connectivity index (χ1) is 43.6. The molecule has 0 saturated heterocycles. The van der Waals surface area contributed by atoms with Crippen molar-refractivity contribution in [3.8, 4) is 33.4 Å². The Morgan fingerprint density at radius 1 is 0.404 bits per heavy atom. The van der Waals surface area contributed by atoms with Gasteiger partial charge < -0.3 is 0 Å². The van der Waals surface area contributed by atoms with Crippen molar-refractivity contribution in [1.29, 1.82) is 0 Å². The SMILES string of the molecule is CC.CC1=CC=C(C)C(C2c3ccc4ccccc4c3-c3ccc4ccccc4c32)C1.Cc1ccc(C)cc1.Cc1ccc(Cc2ccc3c(c2-c2ccc4c(c2C)CCCC4)C=CCC3)cc1.c1ccc2c3c(ccc2c1)-c1c(ccc2ccccc12)C3. The predicted molar refractivity (Wildman–Crippen MR) is 386 cm³/mol. The summed E-state index contributed by atoms with van der Waals surface area (Å²) in [5.74, 6) is 0.933. The van der Waals surface area contributed by atoms with Gasteiger partial charge in [0.2, 0.25) is 0 Å². The molecular formula is C89H84. The average Bonchev–Trinajstić information content (AvgIpc) is 1.60. The molecule has 0 nitrogen and oxygen atoms in total. The van der Waals surface area contributed by atoms with Crippen LogP contribution in [0.25, 0.3) is 82.5 Å². The van der Waals surface area contributed by atoms with Gasteiger partial charge in [0.05, 0.1) is 0 Å². The van der Waals surface area contributed by atoms with E-state index >= 15 is 0 Å². The summed E-state index contributed by atoms with van der Waals surface area (Å²) in [5, 5.41) is 10.9. The Labute approximate surface area is 530 Å². The molecule has 89 heavy (non-hydrogen) atoms. The minimum absolute atomic E-state index is 0.413. The van der Waals surface area contributed by atoms with Crippen LogP contribution in [0.2, 0.25) is 0 Å². The van der Waals surface area contributed by atoms with E-state index in [9.17, 15) is 0 Å². The Hall–Kier alpha value is -9.10. The predicted octanol–water partition coefficient (Wildman–Crippen LogP) is 24.3. The highest BCUT2D eigenvalue weighted by Crippen LogP contribution is 2.56. The van der Waals surface area contributed by atoms with E-state index < -0.39 is 0 Å². The maximum absolute atomic E-state index is 2.42. The van der Waals surface area contributed by atoms with E-state index in [0.717, 1.165) is 32.1 Å². The number of rotatable bonds is 4. The summed E-state index contributed by atoms with van der Waals surface area (Å²) in [7, 11) is 0. The molecule has 0 amide bonds. The lowest BCUT2D eigenvalue weighted by molar-refractivity contribution is 0.537. The molecule has 0 aliphatic heterocycles. The van der Waals surface area contributed by atoms with Crippen molar-refractivity contribution in [2.75, 3.05) is 0 Å². The zero-order valence-electron chi connectivity index (χ0n) is 53.6. The quantitative estimate of drug-likeness (QED) is 0.165. The molecule has 0 N–H and O–H groups in total. The molecule has 0 heteroatoms. The van der Waals surface area contributed by atoms with Crippen LogP contribution in [0.4, 0.5) is 0 Å². The lowest BCUT2D eigenvalue weighted by atomic mass is 9.74. The van der Waals surface area contributed by atoms with Crippen LogP contribution >= 0.6 is 0 Å². The molecule has 0 heterocycles. The van der Waals surface area contributed by atoms with E-state index in [0.29, 0.717) is 11.8 Å². The van der Waals surface area contributed by atoms with E-state index in [1.807, 2.05) is 13.8 Å². The molecule has 0 spiro atoms. The molecule has 0 fully saturated rings. The summed E-state index contributed by atoms with van der Waals surface area (Å²) in [6.07, 6.45) is 20.0. The second kappa shape index (κ2) is 25.9. The first-order valence-corrected chi connectivity index (χ1v) is 33.0. The van der Waals surface area contributed by atoms with Crippen LogP contribution in [0, 0.1) is 33.6 Å². The van der Waals surface area contributed by atoms with E-state index in [4.69, 9.17) is 0 Å². The fourth-order valence-corrected chi connectivity index (χ4v) is 15.2. The molecule has 440 valence electrons. The molecule has 0 bridgehead atoms.